The zero-order valence-electron chi connectivity index (χ0n) is 16.8. The van der Waals surface area contributed by atoms with Gasteiger partial charge in [0.1, 0.15) is 11.6 Å². The zero-order valence-corrected chi connectivity index (χ0v) is 17.6. The molecule has 7 nitrogen and oxygen atoms in total. The Morgan fingerprint density at radius 2 is 2.00 bits per heavy atom. The first-order valence-electron chi connectivity index (χ1n) is 9.44. The Morgan fingerprint density at radius 3 is 2.73 bits per heavy atom. The van der Waals surface area contributed by atoms with Crippen LogP contribution < -0.4 is 15.6 Å². The predicted octanol–water partition coefficient (Wildman–Crippen LogP) is 4.04. The summed E-state index contributed by atoms with van der Waals surface area (Å²) in [5.74, 6) is 1.11. The number of methoxy groups -OCH3 is 1. The molecule has 0 fully saturated rings. The highest BCUT2D eigenvalue weighted by Gasteiger charge is 2.17. The van der Waals surface area contributed by atoms with Gasteiger partial charge in [0.05, 0.1) is 29.4 Å². The molecule has 2 heterocycles. The molecule has 0 saturated carbocycles. The number of nitrogens with one attached hydrogen (secondary N) is 1. The van der Waals surface area contributed by atoms with E-state index >= 15 is 0 Å². The lowest BCUT2D eigenvalue weighted by Crippen LogP contribution is -2.23. The molecule has 4 rings (SSSR count). The molecule has 0 bridgehead atoms. The molecule has 0 aliphatic rings. The van der Waals surface area contributed by atoms with Crippen molar-refractivity contribution in [3.63, 3.8) is 0 Å². The number of hydrogen-bond acceptors (Lipinski definition) is 6. The smallest absolute Gasteiger partial charge is 0.267 e. The number of carbonyl (C=O) groups excluding carboxylic acids is 1. The van der Waals surface area contributed by atoms with Gasteiger partial charge in [-0.3, -0.25) is 9.59 Å². The minimum Gasteiger partial charge on any atom is -0.497 e. The maximum Gasteiger partial charge on any atom is 0.267 e. The van der Waals surface area contributed by atoms with Crippen LogP contribution in [0.4, 0.5) is 5.69 Å². The molecule has 0 aliphatic carbocycles. The van der Waals surface area contributed by atoms with Gasteiger partial charge in [0, 0.05) is 24.3 Å². The number of thiazole rings is 1. The topological polar surface area (TPSA) is 86.1 Å². The fourth-order valence-corrected chi connectivity index (χ4v) is 4.11. The molecular formula is C22H20N4O3S. The highest BCUT2D eigenvalue weighted by atomic mass is 32.1. The quantitative estimate of drug-likeness (QED) is 0.527. The second kappa shape index (κ2) is 8.08. The van der Waals surface area contributed by atoms with Crippen LogP contribution in [-0.2, 0) is 11.2 Å². The molecule has 8 heteroatoms. The number of rotatable bonds is 5. The van der Waals surface area contributed by atoms with Crippen LogP contribution in [0, 0.1) is 0 Å². The van der Waals surface area contributed by atoms with E-state index in [-0.39, 0.29) is 11.5 Å². The van der Waals surface area contributed by atoms with E-state index in [4.69, 9.17) is 9.72 Å². The number of carbonyl (C=O) groups is 1. The van der Waals surface area contributed by atoms with Crippen LogP contribution in [-0.4, -0.2) is 27.6 Å². The first-order chi connectivity index (χ1) is 14.5. The summed E-state index contributed by atoms with van der Waals surface area (Å²) in [5.41, 5.74) is 2.51. The van der Waals surface area contributed by atoms with Gasteiger partial charge in [0.25, 0.3) is 5.56 Å². The Balaban J connectivity index is 1.88. The van der Waals surface area contributed by atoms with E-state index in [2.05, 4.69) is 10.3 Å². The van der Waals surface area contributed by atoms with E-state index in [1.807, 2.05) is 36.6 Å². The molecule has 0 unspecified atom stereocenters. The Hall–Kier alpha value is -3.52. The molecule has 1 N–H and O–H groups in total. The lowest BCUT2D eigenvalue weighted by molar-refractivity contribution is -0.114. The Bertz CT molecular complexity index is 1310. The molecule has 152 valence electrons. The van der Waals surface area contributed by atoms with E-state index < -0.39 is 0 Å². The number of nitrogens with zero attached hydrogens (tertiary/aromatic N) is 3. The number of anilines is 1. The van der Waals surface area contributed by atoms with Crippen molar-refractivity contribution in [2.45, 2.75) is 20.3 Å². The Kier molecular flexibility index (Phi) is 5.33. The van der Waals surface area contributed by atoms with E-state index in [1.165, 1.54) is 18.3 Å². The number of ether oxygens (including phenoxy) is 1. The van der Waals surface area contributed by atoms with Crippen LogP contribution in [0.2, 0.25) is 0 Å². The third-order valence-corrected chi connectivity index (χ3v) is 5.48. The van der Waals surface area contributed by atoms with Crippen molar-refractivity contribution in [3.8, 4) is 22.1 Å². The number of aromatic nitrogens is 3. The summed E-state index contributed by atoms with van der Waals surface area (Å²) in [5, 5.41) is 5.75. The largest absolute Gasteiger partial charge is 0.497 e. The van der Waals surface area contributed by atoms with E-state index in [0.717, 1.165) is 0 Å². The number of amides is 1. The van der Waals surface area contributed by atoms with Gasteiger partial charge in [-0.1, -0.05) is 19.1 Å². The van der Waals surface area contributed by atoms with Gasteiger partial charge >= 0.3 is 0 Å². The van der Waals surface area contributed by atoms with Crippen molar-refractivity contribution in [2.24, 2.45) is 0 Å². The fourth-order valence-electron chi connectivity index (χ4n) is 3.26. The summed E-state index contributed by atoms with van der Waals surface area (Å²) in [6.07, 6.45) is 0.589. The molecule has 1 amide bonds. The van der Waals surface area contributed by atoms with Gasteiger partial charge in [-0.15, -0.1) is 11.3 Å². The third kappa shape index (κ3) is 3.57. The zero-order chi connectivity index (χ0) is 21.3. The predicted molar refractivity (Wildman–Crippen MR) is 119 cm³/mol. The monoisotopic (exact) mass is 420 g/mol. The number of para-hydroxylation sites is 1. The molecule has 0 spiro atoms. The highest BCUT2D eigenvalue weighted by molar-refractivity contribution is 7.12. The number of benzene rings is 2. The highest BCUT2D eigenvalue weighted by Crippen LogP contribution is 2.33. The normalized spacial score (nSPS) is 10.9. The van der Waals surface area contributed by atoms with Crippen LogP contribution in [0.15, 0.2) is 52.6 Å². The summed E-state index contributed by atoms with van der Waals surface area (Å²) in [7, 11) is 1.58. The van der Waals surface area contributed by atoms with Crippen molar-refractivity contribution < 1.29 is 9.53 Å². The standard InChI is InChI=1S/C22H20N4O3S/c1-4-20-24-17-8-6-5-7-15(17)21(28)26(20)22-25-19(12-30-22)16-11-14(29-3)9-10-18(16)23-13(2)27/h5-12H,4H2,1-3H3,(H,23,27). The second-order valence-corrected chi connectivity index (χ2v) is 7.48. The van der Waals surface area contributed by atoms with Crippen molar-refractivity contribution in [3.05, 3.63) is 64.0 Å². The molecule has 0 aliphatic heterocycles. The molecule has 30 heavy (non-hydrogen) atoms. The van der Waals surface area contributed by atoms with Crippen LogP contribution in [0.25, 0.3) is 27.3 Å². The van der Waals surface area contributed by atoms with Crippen LogP contribution in [0.3, 0.4) is 0 Å². The minimum absolute atomic E-state index is 0.147. The van der Waals surface area contributed by atoms with E-state index in [0.29, 0.717) is 51.0 Å². The summed E-state index contributed by atoms with van der Waals surface area (Å²) < 4.78 is 6.89. The SMILES string of the molecule is CCc1nc2ccccc2c(=O)n1-c1nc(-c2cc(OC)ccc2NC(C)=O)cs1. The van der Waals surface area contributed by atoms with Crippen molar-refractivity contribution in [1.82, 2.24) is 14.5 Å². The first-order valence-corrected chi connectivity index (χ1v) is 10.3. The van der Waals surface area contributed by atoms with Crippen molar-refractivity contribution >= 4 is 33.8 Å². The summed E-state index contributed by atoms with van der Waals surface area (Å²) >= 11 is 1.35. The number of hydrogen-bond donors (Lipinski definition) is 1. The Labute approximate surface area is 177 Å². The van der Waals surface area contributed by atoms with Gasteiger partial charge < -0.3 is 10.1 Å². The average molecular weight is 420 g/mol. The summed E-state index contributed by atoms with van der Waals surface area (Å²) in [6.45, 7) is 3.41. The average Bonchev–Trinajstić information content (AvgIpc) is 3.23. The molecule has 2 aromatic heterocycles. The van der Waals surface area contributed by atoms with Crippen molar-refractivity contribution in [1.29, 1.82) is 0 Å². The third-order valence-electron chi connectivity index (χ3n) is 4.66. The van der Waals surface area contributed by atoms with Gasteiger partial charge in [0.2, 0.25) is 5.91 Å². The molecule has 0 saturated heterocycles. The fraction of sp³-hybridized carbons (Fsp3) is 0.182. The molecule has 0 atom stereocenters. The Morgan fingerprint density at radius 1 is 1.20 bits per heavy atom. The summed E-state index contributed by atoms with van der Waals surface area (Å²) in [6, 6.07) is 12.7. The lowest BCUT2D eigenvalue weighted by Gasteiger charge is -2.11. The molecule has 4 aromatic rings. The van der Waals surface area contributed by atoms with Crippen LogP contribution >= 0.6 is 11.3 Å². The maximum atomic E-state index is 13.2. The van der Waals surface area contributed by atoms with E-state index in [1.54, 1.807) is 29.9 Å². The second-order valence-electron chi connectivity index (χ2n) is 6.65. The van der Waals surface area contributed by atoms with Gasteiger partial charge in [0.15, 0.2) is 5.13 Å². The minimum atomic E-state index is -0.180. The van der Waals surface area contributed by atoms with Gasteiger partial charge in [-0.05, 0) is 30.3 Å². The lowest BCUT2D eigenvalue weighted by atomic mass is 10.1. The van der Waals surface area contributed by atoms with Gasteiger partial charge in [-0.2, -0.15) is 0 Å². The maximum absolute atomic E-state index is 13.2. The van der Waals surface area contributed by atoms with E-state index in [9.17, 15) is 9.59 Å². The molecular weight excluding hydrogens is 400 g/mol. The molecule has 0 radical (unpaired) electrons. The molecule has 2 aromatic carbocycles. The summed E-state index contributed by atoms with van der Waals surface area (Å²) in [4.78, 5) is 34.2. The van der Waals surface area contributed by atoms with Crippen molar-refractivity contribution in [2.75, 3.05) is 12.4 Å². The van der Waals surface area contributed by atoms with Crippen LogP contribution in [0.1, 0.15) is 19.7 Å². The number of aryl methyl sites for hydroxylation is 1. The number of fused-ring (bicyclic) bond motifs is 1. The first kappa shape index (κ1) is 19.8. The van der Waals surface area contributed by atoms with Gasteiger partial charge in [-0.25, -0.2) is 14.5 Å². The van der Waals surface area contributed by atoms with Crippen LogP contribution in [0.5, 0.6) is 5.75 Å².